The van der Waals surface area contributed by atoms with E-state index in [4.69, 9.17) is 0 Å². The van der Waals surface area contributed by atoms with Crippen LogP contribution in [-0.2, 0) is 16.3 Å². The van der Waals surface area contributed by atoms with Gasteiger partial charge in [0.15, 0.2) is 17.5 Å². The number of hydrogen-bond acceptors (Lipinski definition) is 7. The standard InChI is InChI=1S/C19H28F2N6O3/c20-9-15-23-17(22-14-6-3-7-14)16(21)18(24-15)25-26-19(29)13(10-27(30)11-28)8-12-4-1-2-5-12/h11-14,30H,1-10H2,(H,26,29)(H2,22,23,24,25)/t13-/m1/s1. The lowest BCUT2D eigenvalue weighted by atomic mass is 9.92. The molecule has 0 spiro atoms. The third kappa shape index (κ3) is 5.74. The Kier molecular flexibility index (Phi) is 7.72. The highest BCUT2D eigenvalue weighted by atomic mass is 19.1. The maximum absolute atomic E-state index is 14.7. The lowest BCUT2D eigenvalue weighted by Crippen LogP contribution is -2.41. The Morgan fingerprint density at radius 3 is 2.50 bits per heavy atom. The average Bonchev–Trinajstić information content (AvgIpc) is 3.22. The molecule has 3 rings (SSSR count). The molecule has 9 nitrogen and oxygen atoms in total. The summed E-state index contributed by atoms with van der Waals surface area (Å²) in [5, 5.41) is 12.9. The summed E-state index contributed by atoms with van der Waals surface area (Å²) in [6, 6.07) is 0.0824. The summed E-state index contributed by atoms with van der Waals surface area (Å²) in [4.78, 5) is 31.0. The molecule has 0 aromatic carbocycles. The number of nitrogens with zero attached hydrogens (tertiary/aromatic N) is 3. The Labute approximate surface area is 173 Å². The first-order chi connectivity index (χ1) is 14.5. The number of rotatable bonds is 11. The largest absolute Gasteiger partial charge is 0.365 e. The first-order valence-electron chi connectivity index (χ1n) is 10.4. The number of nitrogens with one attached hydrogen (secondary N) is 3. The average molecular weight is 426 g/mol. The minimum Gasteiger partial charge on any atom is -0.365 e. The predicted molar refractivity (Wildman–Crippen MR) is 104 cm³/mol. The summed E-state index contributed by atoms with van der Waals surface area (Å²) in [5.74, 6) is -2.35. The first kappa shape index (κ1) is 22.1. The fraction of sp³-hybridized carbons (Fsp3) is 0.684. The Hall–Kier alpha value is -2.56. The van der Waals surface area contributed by atoms with Crippen LogP contribution < -0.4 is 16.2 Å². The molecule has 30 heavy (non-hydrogen) atoms. The van der Waals surface area contributed by atoms with Crippen LogP contribution in [0.15, 0.2) is 0 Å². The van der Waals surface area contributed by atoms with Gasteiger partial charge in [-0.15, -0.1) is 0 Å². The molecule has 1 aromatic heterocycles. The number of hydrazine groups is 1. The number of aromatic nitrogens is 2. The normalized spacial score (nSPS) is 17.8. The third-order valence-electron chi connectivity index (χ3n) is 5.76. The SMILES string of the molecule is O=CN(O)C[C@@H](CC1CCCC1)C(=O)NNc1nc(CF)nc(NC2CCC2)c1F. The van der Waals surface area contributed by atoms with E-state index in [2.05, 4.69) is 26.1 Å². The second kappa shape index (κ2) is 10.5. The van der Waals surface area contributed by atoms with Crippen molar-refractivity contribution in [2.75, 3.05) is 17.3 Å². The van der Waals surface area contributed by atoms with Crippen LogP contribution in [0.1, 0.15) is 57.2 Å². The van der Waals surface area contributed by atoms with E-state index in [1.807, 2.05) is 0 Å². The van der Waals surface area contributed by atoms with Crippen LogP contribution in [-0.4, -0.2) is 45.1 Å². The Morgan fingerprint density at radius 1 is 1.20 bits per heavy atom. The van der Waals surface area contributed by atoms with E-state index in [0.29, 0.717) is 17.4 Å². The molecule has 2 aliphatic carbocycles. The van der Waals surface area contributed by atoms with Gasteiger partial charge in [0.25, 0.3) is 0 Å². The number of alkyl halides is 1. The van der Waals surface area contributed by atoms with Gasteiger partial charge in [-0.1, -0.05) is 25.7 Å². The Bertz CT molecular complexity index is 743. The van der Waals surface area contributed by atoms with Gasteiger partial charge in [0.05, 0.1) is 12.5 Å². The van der Waals surface area contributed by atoms with Crippen LogP contribution >= 0.6 is 0 Å². The van der Waals surface area contributed by atoms with Crippen molar-refractivity contribution in [3.63, 3.8) is 0 Å². The lowest BCUT2D eigenvalue weighted by Gasteiger charge is -2.27. The topological polar surface area (TPSA) is 119 Å². The van der Waals surface area contributed by atoms with Gasteiger partial charge in [0, 0.05) is 6.04 Å². The summed E-state index contributed by atoms with van der Waals surface area (Å²) < 4.78 is 27.9. The van der Waals surface area contributed by atoms with Crippen LogP contribution in [0.25, 0.3) is 0 Å². The fourth-order valence-electron chi connectivity index (χ4n) is 3.88. The van der Waals surface area contributed by atoms with E-state index >= 15 is 0 Å². The molecule has 1 aromatic rings. The molecule has 166 valence electrons. The van der Waals surface area contributed by atoms with Crippen LogP contribution in [0, 0.1) is 17.7 Å². The van der Waals surface area contributed by atoms with E-state index in [1.54, 1.807) is 0 Å². The van der Waals surface area contributed by atoms with E-state index in [9.17, 15) is 23.6 Å². The van der Waals surface area contributed by atoms with Crippen molar-refractivity contribution in [3.05, 3.63) is 11.6 Å². The molecule has 2 fully saturated rings. The quantitative estimate of drug-likeness (QED) is 0.244. The third-order valence-corrected chi connectivity index (χ3v) is 5.76. The number of hydrogen-bond donors (Lipinski definition) is 4. The zero-order valence-corrected chi connectivity index (χ0v) is 16.7. The van der Waals surface area contributed by atoms with Gasteiger partial charge in [-0.25, -0.2) is 19.4 Å². The highest BCUT2D eigenvalue weighted by molar-refractivity contribution is 5.80. The molecule has 2 aliphatic rings. The molecule has 0 bridgehead atoms. The molecule has 1 heterocycles. The molecule has 0 radical (unpaired) electrons. The van der Waals surface area contributed by atoms with Gasteiger partial charge >= 0.3 is 0 Å². The number of amides is 2. The van der Waals surface area contributed by atoms with Crippen molar-refractivity contribution < 1.29 is 23.6 Å². The van der Waals surface area contributed by atoms with E-state index in [1.165, 1.54) is 0 Å². The first-order valence-corrected chi connectivity index (χ1v) is 10.4. The lowest BCUT2D eigenvalue weighted by molar-refractivity contribution is -0.154. The number of halogens is 2. The van der Waals surface area contributed by atoms with Crippen LogP contribution in [0.5, 0.6) is 0 Å². The Morgan fingerprint density at radius 2 is 1.90 bits per heavy atom. The summed E-state index contributed by atoms with van der Waals surface area (Å²) >= 11 is 0. The van der Waals surface area contributed by atoms with Crippen LogP contribution in [0.4, 0.5) is 20.4 Å². The molecular formula is C19H28F2N6O3. The van der Waals surface area contributed by atoms with Gasteiger partial charge in [-0.3, -0.25) is 25.6 Å². The molecule has 11 heteroatoms. The van der Waals surface area contributed by atoms with Gasteiger partial charge in [-0.05, 0) is 31.6 Å². The van der Waals surface area contributed by atoms with Crippen molar-refractivity contribution in [1.29, 1.82) is 0 Å². The number of carbonyl (C=O) groups excluding carboxylic acids is 2. The smallest absolute Gasteiger partial charge is 0.243 e. The second-order valence-corrected chi connectivity index (χ2v) is 7.98. The second-order valence-electron chi connectivity index (χ2n) is 7.98. The van der Waals surface area contributed by atoms with E-state index in [-0.39, 0.29) is 36.5 Å². The minimum absolute atomic E-state index is 0.0824. The maximum atomic E-state index is 14.7. The Balaban J connectivity index is 1.66. The van der Waals surface area contributed by atoms with E-state index < -0.39 is 24.3 Å². The van der Waals surface area contributed by atoms with Crippen LogP contribution in [0.2, 0.25) is 0 Å². The summed E-state index contributed by atoms with van der Waals surface area (Å²) in [5.41, 5.74) is 4.79. The number of anilines is 2. The molecule has 0 unspecified atom stereocenters. The highest BCUT2D eigenvalue weighted by Gasteiger charge is 2.28. The predicted octanol–water partition coefficient (Wildman–Crippen LogP) is 2.54. The minimum atomic E-state index is -0.981. The fourth-order valence-corrected chi connectivity index (χ4v) is 3.88. The van der Waals surface area contributed by atoms with Crippen molar-refractivity contribution in [3.8, 4) is 0 Å². The molecule has 2 saturated carbocycles. The molecule has 1 atom stereocenters. The molecule has 0 saturated heterocycles. The van der Waals surface area contributed by atoms with Crippen molar-refractivity contribution in [1.82, 2.24) is 20.5 Å². The molecule has 2 amide bonds. The van der Waals surface area contributed by atoms with Crippen LogP contribution in [0.3, 0.4) is 0 Å². The summed E-state index contributed by atoms with van der Waals surface area (Å²) in [6.07, 6.45) is 7.67. The monoisotopic (exact) mass is 426 g/mol. The highest BCUT2D eigenvalue weighted by Crippen LogP contribution is 2.31. The van der Waals surface area contributed by atoms with Crippen molar-refractivity contribution >= 4 is 24.0 Å². The van der Waals surface area contributed by atoms with Gasteiger partial charge in [-0.2, -0.15) is 4.39 Å². The number of hydroxylamine groups is 2. The van der Waals surface area contributed by atoms with Crippen molar-refractivity contribution in [2.24, 2.45) is 11.8 Å². The summed E-state index contributed by atoms with van der Waals surface area (Å²) in [6.45, 7) is -1.16. The van der Waals surface area contributed by atoms with Gasteiger partial charge in [0.2, 0.25) is 18.1 Å². The van der Waals surface area contributed by atoms with E-state index in [0.717, 1.165) is 44.9 Å². The van der Waals surface area contributed by atoms with Gasteiger partial charge < -0.3 is 5.32 Å². The van der Waals surface area contributed by atoms with Crippen molar-refractivity contribution in [2.45, 2.75) is 64.1 Å². The number of carbonyl (C=O) groups is 2. The molecule has 0 aliphatic heterocycles. The zero-order valence-electron chi connectivity index (χ0n) is 16.7. The maximum Gasteiger partial charge on any atom is 0.243 e. The van der Waals surface area contributed by atoms with Gasteiger partial charge in [0.1, 0.15) is 6.67 Å². The molecular weight excluding hydrogens is 398 g/mol. The molecule has 4 N–H and O–H groups in total. The summed E-state index contributed by atoms with van der Waals surface area (Å²) in [7, 11) is 0. The zero-order chi connectivity index (χ0) is 21.5.